The van der Waals surface area contributed by atoms with E-state index in [1.807, 2.05) is 6.92 Å². The Morgan fingerprint density at radius 2 is 2.16 bits per heavy atom. The Morgan fingerprint density at radius 1 is 1.42 bits per heavy atom. The van der Waals surface area contributed by atoms with Crippen LogP contribution in [0.4, 0.5) is 13.2 Å². The number of rotatable bonds is 8. The van der Waals surface area contributed by atoms with Crippen LogP contribution in [0.15, 0.2) is 0 Å². The zero-order valence-corrected chi connectivity index (χ0v) is 11.3. The summed E-state index contributed by atoms with van der Waals surface area (Å²) in [6, 6.07) is 0. The Hall–Kier alpha value is -0.370. The first-order valence-electron chi connectivity index (χ1n) is 6.59. The van der Waals surface area contributed by atoms with Gasteiger partial charge in [0.15, 0.2) is 0 Å². The van der Waals surface area contributed by atoms with Crippen molar-refractivity contribution in [1.82, 2.24) is 10.2 Å². The molecule has 19 heavy (non-hydrogen) atoms. The Kier molecular flexibility index (Phi) is 6.52. The third kappa shape index (κ3) is 6.07. The second kappa shape index (κ2) is 7.42. The van der Waals surface area contributed by atoms with Crippen LogP contribution in [0.1, 0.15) is 13.3 Å². The maximum atomic E-state index is 12.5. The molecule has 0 saturated carbocycles. The summed E-state index contributed by atoms with van der Waals surface area (Å²) in [5, 5.41) is 12.1. The van der Waals surface area contributed by atoms with Gasteiger partial charge in [0.25, 0.3) is 0 Å². The number of aliphatic hydroxyl groups is 1. The lowest BCUT2D eigenvalue weighted by Crippen LogP contribution is -2.48. The fourth-order valence-corrected chi connectivity index (χ4v) is 2.44. The molecular weight excluding hydrogens is 261 g/mol. The maximum Gasteiger partial charge on any atom is 0.401 e. The van der Waals surface area contributed by atoms with Crippen molar-refractivity contribution in [2.75, 3.05) is 52.5 Å². The Morgan fingerprint density at radius 3 is 2.63 bits per heavy atom. The van der Waals surface area contributed by atoms with Crippen LogP contribution in [0.2, 0.25) is 0 Å². The van der Waals surface area contributed by atoms with Crippen molar-refractivity contribution in [2.45, 2.75) is 19.5 Å². The van der Waals surface area contributed by atoms with Gasteiger partial charge < -0.3 is 15.2 Å². The third-order valence-electron chi connectivity index (χ3n) is 3.31. The van der Waals surface area contributed by atoms with E-state index in [2.05, 4.69) is 5.32 Å². The molecule has 1 fully saturated rings. The number of halogens is 3. The van der Waals surface area contributed by atoms with Crippen LogP contribution in [0.3, 0.4) is 0 Å². The quantitative estimate of drug-likeness (QED) is 0.694. The van der Waals surface area contributed by atoms with E-state index in [-0.39, 0.29) is 18.6 Å². The van der Waals surface area contributed by atoms with Crippen molar-refractivity contribution in [3.63, 3.8) is 0 Å². The Balaban J connectivity index is 2.62. The summed E-state index contributed by atoms with van der Waals surface area (Å²) < 4.78 is 42.9. The standard InChI is InChI=1S/C12H23F3N2O2/c1-2-16-7-11(3-6-19-10-11)8-17(4-5-18)9-12(13,14)15/h16,18H,2-10H2,1H3. The van der Waals surface area contributed by atoms with Gasteiger partial charge in [-0.25, -0.2) is 0 Å². The first-order chi connectivity index (χ1) is 8.91. The summed E-state index contributed by atoms with van der Waals surface area (Å²) in [7, 11) is 0. The molecule has 0 aliphatic carbocycles. The van der Waals surface area contributed by atoms with Crippen LogP contribution in [-0.2, 0) is 4.74 Å². The van der Waals surface area contributed by atoms with Crippen LogP contribution < -0.4 is 5.32 Å². The van der Waals surface area contributed by atoms with Crippen molar-refractivity contribution < 1.29 is 23.0 Å². The molecule has 0 bridgehead atoms. The Bertz CT molecular complexity index is 256. The molecule has 1 rings (SSSR count). The van der Waals surface area contributed by atoms with Gasteiger partial charge in [0.05, 0.1) is 19.8 Å². The number of ether oxygens (including phenoxy) is 1. The van der Waals surface area contributed by atoms with E-state index in [0.29, 0.717) is 26.3 Å². The van der Waals surface area contributed by atoms with E-state index in [4.69, 9.17) is 9.84 Å². The average molecular weight is 284 g/mol. The van der Waals surface area contributed by atoms with Gasteiger partial charge in [0.2, 0.25) is 0 Å². The molecule has 1 heterocycles. The van der Waals surface area contributed by atoms with Crippen molar-refractivity contribution in [3.8, 4) is 0 Å². The van der Waals surface area contributed by atoms with Crippen molar-refractivity contribution in [1.29, 1.82) is 0 Å². The molecule has 0 spiro atoms. The van der Waals surface area contributed by atoms with Gasteiger partial charge in [-0.05, 0) is 13.0 Å². The van der Waals surface area contributed by atoms with Crippen molar-refractivity contribution in [2.24, 2.45) is 5.41 Å². The van der Waals surface area contributed by atoms with Gasteiger partial charge in [-0.15, -0.1) is 0 Å². The predicted octanol–water partition coefficient (Wildman–Crippen LogP) is 0.859. The lowest BCUT2D eigenvalue weighted by Gasteiger charge is -2.34. The summed E-state index contributed by atoms with van der Waals surface area (Å²) in [4.78, 5) is 1.27. The van der Waals surface area contributed by atoms with Gasteiger partial charge in [-0.1, -0.05) is 6.92 Å². The largest absolute Gasteiger partial charge is 0.401 e. The van der Waals surface area contributed by atoms with E-state index >= 15 is 0 Å². The molecule has 1 unspecified atom stereocenters. The molecule has 114 valence electrons. The zero-order valence-electron chi connectivity index (χ0n) is 11.3. The third-order valence-corrected chi connectivity index (χ3v) is 3.31. The first kappa shape index (κ1) is 16.7. The fourth-order valence-electron chi connectivity index (χ4n) is 2.44. The van der Waals surface area contributed by atoms with Gasteiger partial charge in [-0.2, -0.15) is 13.2 Å². The van der Waals surface area contributed by atoms with E-state index in [0.717, 1.165) is 13.0 Å². The molecule has 2 N–H and O–H groups in total. The molecule has 0 amide bonds. The molecule has 1 aliphatic rings. The van der Waals surface area contributed by atoms with Crippen LogP contribution in [0, 0.1) is 5.41 Å². The second-order valence-corrected chi connectivity index (χ2v) is 5.13. The molecule has 1 atom stereocenters. The molecule has 0 aromatic rings. The number of aliphatic hydroxyl groups excluding tert-OH is 1. The van der Waals surface area contributed by atoms with Gasteiger partial charge in [-0.3, -0.25) is 4.90 Å². The molecule has 0 aromatic heterocycles. The highest BCUT2D eigenvalue weighted by Gasteiger charge is 2.39. The normalized spacial score (nSPS) is 24.3. The van der Waals surface area contributed by atoms with Gasteiger partial charge in [0, 0.05) is 31.7 Å². The lowest BCUT2D eigenvalue weighted by molar-refractivity contribution is -0.150. The minimum Gasteiger partial charge on any atom is -0.395 e. The molecule has 7 heteroatoms. The number of nitrogens with one attached hydrogen (secondary N) is 1. The highest BCUT2D eigenvalue weighted by Crippen LogP contribution is 2.30. The summed E-state index contributed by atoms with van der Waals surface area (Å²) in [6.45, 7) is 3.52. The minimum absolute atomic E-state index is 0.0351. The summed E-state index contributed by atoms with van der Waals surface area (Å²) in [5.74, 6) is 0. The molecule has 0 aromatic carbocycles. The van der Waals surface area contributed by atoms with Crippen LogP contribution in [-0.4, -0.2) is 68.7 Å². The first-order valence-corrected chi connectivity index (χ1v) is 6.59. The zero-order chi connectivity index (χ0) is 14.4. The fraction of sp³-hybridized carbons (Fsp3) is 1.00. The van der Waals surface area contributed by atoms with Gasteiger partial charge >= 0.3 is 6.18 Å². The molecular formula is C12H23F3N2O2. The predicted molar refractivity (Wildman–Crippen MR) is 66.0 cm³/mol. The molecule has 1 saturated heterocycles. The number of alkyl halides is 3. The van der Waals surface area contributed by atoms with E-state index in [1.165, 1.54) is 4.90 Å². The minimum atomic E-state index is -4.24. The highest BCUT2D eigenvalue weighted by atomic mass is 19.4. The molecule has 4 nitrogen and oxygen atoms in total. The topological polar surface area (TPSA) is 44.7 Å². The highest BCUT2D eigenvalue weighted by molar-refractivity contribution is 4.89. The maximum absolute atomic E-state index is 12.5. The molecule has 1 aliphatic heterocycles. The van der Waals surface area contributed by atoms with Crippen LogP contribution >= 0.6 is 0 Å². The van der Waals surface area contributed by atoms with E-state index < -0.39 is 12.7 Å². The second-order valence-electron chi connectivity index (χ2n) is 5.13. The smallest absolute Gasteiger partial charge is 0.395 e. The number of nitrogens with zero attached hydrogens (tertiary/aromatic N) is 1. The Labute approximate surface area is 111 Å². The SMILES string of the molecule is CCNCC1(CN(CCO)CC(F)(F)F)CCOC1. The monoisotopic (exact) mass is 284 g/mol. The van der Waals surface area contributed by atoms with Crippen molar-refractivity contribution in [3.05, 3.63) is 0 Å². The summed E-state index contributed by atoms with van der Waals surface area (Å²) in [6.07, 6.45) is -3.49. The lowest BCUT2D eigenvalue weighted by atomic mass is 9.86. The average Bonchev–Trinajstić information content (AvgIpc) is 2.73. The van der Waals surface area contributed by atoms with Crippen LogP contribution in [0.25, 0.3) is 0 Å². The van der Waals surface area contributed by atoms with Crippen LogP contribution in [0.5, 0.6) is 0 Å². The van der Waals surface area contributed by atoms with E-state index in [9.17, 15) is 13.2 Å². The van der Waals surface area contributed by atoms with Crippen molar-refractivity contribution >= 4 is 0 Å². The molecule has 0 radical (unpaired) electrons. The number of hydrogen-bond donors (Lipinski definition) is 2. The summed E-state index contributed by atoms with van der Waals surface area (Å²) in [5.41, 5.74) is -0.281. The van der Waals surface area contributed by atoms with Gasteiger partial charge in [0.1, 0.15) is 0 Å². The summed E-state index contributed by atoms with van der Waals surface area (Å²) >= 11 is 0. The number of hydrogen-bond acceptors (Lipinski definition) is 4. The van der Waals surface area contributed by atoms with E-state index in [1.54, 1.807) is 0 Å².